The number of para-hydroxylation sites is 2. The maximum Gasteiger partial charge on any atom is 0.239 e. The van der Waals surface area contributed by atoms with Crippen molar-refractivity contribution in [3.63, 3.8) is 0 Å². The molecule has 0 spiro atoms. The zero-order valence-electron chi connectivity index (χ0n) is 10.5. The Morgan fingerprint density at radius 2 is 2.22 bits per heavy atom. The molecule has 1 aromatic rings. The van der Waals surface area contributed by atoms with E-state index in [0.717, 1.165) is 36.9 Å². The lowest BCUT2D eigenvalue weighted by Crippen LogP contribution is -2.42. The fourth-order valence-corrected chi connectivity index (χ4v) is 2.32. The molecule has 0 atom stereocenters. The van der Waals surface area contributed by atoms with Gasteiger partial charge in [-0.05, 0) is 30.9 Å². The SMILES string of the molecule is O=C(CN1CCNc2ccccc21)NCC1CC1. The monoisotopic (exact) mass is 245 g/mol. The van der Waals surface area contributed by atoms with E-state index in [1.807, 2.05) is 12.1 Å². The molecule has 2 aliphatic rings. The zero-order valence-corrected chi connectivity index (χ0v) is 10.5. The van der Waals surface area contributed by atoms with Crippen molar-refractivity contribution in [3.05, 3.63) is 24.3 Å². The minimum absolute atomic E-state index is 0.138. The summed E-state index contributed by atoms with van der Waals surface area (Å²) < 4.78 is 0. The summed E-state index contributed by atoms with van der Waals surface area (Å²) >= 11 is 0. The van der Waals surface area contributed by atoms with Crippen LogP contribution in [0.2, 0.25) is 0 Å². The fraction of sp³-hybridized carbons (Fsp3) is 0.500. The van der Waals surface area contributed by atoms with Crippen LogP contribution in [0.4, 0.5) is 11.4 Å². The number of carbonyl (C=O) groups excluding carboxylic acids is 1. The van der Waals surface area contributed by atoms with Crippen molar-refractivity contribution in [1.29, 1.82) is 0 Å². The molecule has 1 fully saturated rings. The molecule has 2 N–H and O–H groups in total. The molecule has 1 aliphatic carbocycles. The van der Waals surface area contributed by atoms with Crippen molar-refractivity contribution in [2.75, 3.05) is 36.4 Å². The predicted molar refractivity (Wildman–Crippen MR) is 72.9 cm³/mol. The molecule has 96 valence electrons. The summed E-state index contributed by atoms with van der Waals surface area (Å²) in [6.07, 6.45) is 2.55. The highest BCUT2D eigenvalue weighted by molar-refractivity contribution is 5.84. The third-order valence-electron chi connectivity index (χ3n) is 3.56. The molecule has 3 rings (SSSR count). The number of amides is 1. The number of nitrogens with one attached hydrogen (secondary N) is 2. The number of nitrogens with zero attached hydrogens (tertiary/aromatic N) is 1. The van der Waals surface area contributed by atoms with E-state index in [0.29, 0.717) is 6.54 Å². The lowest BCUT2D eigenvalue weighted by Gasteiger charge is -2.31. The van der Waals surface area contributed by atoms with Crippen LogP contribution in [-0.2, 0) is 4.79 Å². The van der Waals surface area contributed by atoms with Crippen LogP contribution in [-0.4, -0.2) is 32.1 Å². The van der Waals surface area contributed by atoms with E-state index in [1.165, 1.54) is 12.8 Å². The Kier molecular flexibility index (Phi) is 3.09. The van der Waals surface area contributed by atoms with Crippen LogP contribution in [0.5, 0.6) is 0 Å². The van der Waals surface area contributed by atoms with Crippen molar-refractivity contribution in [1.82, 2.24) is 5.32 Å². The second kappa shape index (κ2) is 4.88. The zero-order chi connectivity index (χ0) is 12.4. The summed E-state index contributed by atoms with van der Waals surface area (Å²) in [4.78, 5) is 14.0. The normalized spacial score (nSPS) is 17.9. The van der Waals surface area contributed by atoms with Crippen LogP contribution in [0.1, 0.15) is 12.8 Å². The van der Waals surface area contributed by atoms with Gasteiger partial charge in [0.1, 0.15) is 0 Å². The van der Waals surface area contributed by atoms with Gasteiger partial charge in [0, 0.05) is 19.6 Å². The van der Waals surface area contributed by atoms with E-state index in [-0.39, 0.29) is 5.91 Å². The molecule has 1 aromatic carbocycles. The van der Waals surface area contributed by atoms with E-state index >= 15 is 0 Å². The maximum absolute atomic E-state index is 11.9. The predicted octanol–water partition coefficient (Wildman–Crippen LogP) is 1.44. The molecule has 18 heavy (non-hydrogen) atoms. The maximum atomic E-state index is 11.9. The molecule has 0 radical (unpaired) electrons. The van der Waals surface area contributed by atoms with Crippen LogP contribution in [0, 0.1) is 5.92 Å². The van der Waals surface area contributed by atoms with Crippen molar-refractivity contribution < 1.29 is 4.79 Å². The molecule has 0 unspecified atom stereocenters. The molecular formula is C14H19N3O. The number of benzene rings is 1. The van der Waals surface area contributed by atoms with Crippen molar-refractivity contribution in [2.24, 2.45) is 5.92 Å². The molecule has 1 heterocycles. The van der Waals surface area contributed by atoms with E-state index < -0.39 is 0 Å². The average molecular weight is 245 g/mol. The Morgan fingerprint density at radius 3 is 3.06 bits per heavy atom. The number of carbonyl (C=O) groups is 1. The third kappa shape index (κ3) is 2.58. The highest BCUT2D eigenvalue weighted by Gasteiger charge is 2.23. The van der Waals surface area contributed by atoms with Gasteiger partial charge in [0.25, 0.3) is 0 Å². The highest BCUT2D eigenvalue weighted by Crippen LogP contribution is 2.28. The number of rotatable bonds is 4. The van der Waals surface area contributed by atoms with Crippen LogP contribution in [0.15, 0.2) is 24.3 Å². The molecular weight excluding hydrogens is 226 g/mol. The first-order valence-electron chi connectivity index (χ1n) is 6.67. The van der Waals surface area contributed by atoms with Gasteiger partial charge in [0.05, 0.1) is 17.9 Å². The third-order valence-corrected chi connectivity index (χ3v) is 3.56. The molecule has 0 aromatic heterocycles. The Hall–Kier alpha value is -1.71. The molecule has 0 saturated heterocycles. The van der Waals surface area contributed by atoms with Gasteiger partial charge >= 0.3 is 0 Å². The molecule has 1 aliphatic heterocycles. The van der Waals surface area contributed by atoms with Gasteiger partial charge in [-0.15, -0.1) is 0 Å². The van der Waals surface area contributed by atoms with Crippen molar-refractivity contribution in [2.45, 2.75) is 12.8 Å². The van der Waals surface area contributed by atoms with Gasteiger partial charge in [-0.25, -0.2) is 0 Å². The summed E-state index contributed by atoms with van der Waals surface area (Å²) in [5, 5.41) is 6.37. The lowest BCUT2D eigenvalue weighted by molar-refractivity contribution is -0.119. The summed E-state index contributed by atoms with van der Waals surface area (Å²) in [6, 6.07) is 8.16. The molecule has 4 heteroatoms. The Bertz CT molecular complexity index is 442. The largest absolute Gasteiger partial charge is 0.382 e. The van der Waals surface area contributed by atoms with Gasteiger partial charge in [-0.1, -0.05) is 12.1 Å². The first-order valence-corrected chi connectivity index (χ1v) is 6.67. The quantitative estimate of drug-likeness (QED) is 0.843. The summed E-state index contributed by atoms with van der Waals surface area (Å²) in [6.45, 7) is 3.10. The number of fused-ring (bicyclic) bond motifs is 1. The van der Waals surface area contributed by atoms with Crippen LogP contribution in [0.3, 0.4) is 0 Å². The summed E-state index contributed by atoms with van der Waals surface area (Å²) in [7, 11) is 0. The van der Waals surface area contributed by atoms with Crippen molar-refractivity contribution in [3.8, 4) is 0 Å². The van der Waals surface area contributed by atoms with E-state index in [4.69, 9.17) is 0 Å². The summed E-state index contributed by atoms with van der Waals surface area (Å²) in [5.74, 6) is 0.878. The van der Waals surface area contributed by atoms with Crippen LogP contribution >= 0.6 is 0 Å². The Labute approximate surface area is 107 Å². The fourth-order valence-electron chi connectivity index (χ4n) is 2.32. The number of hydrogen-bond donors (Lipinski definition) is 2. The first kappa shape index (κ1) is 11.4. The highest BCUT2D eigenvalue weighted by atomic mass is 16.2. The molecule has 1 amide bonds. The van der Waals surface area contributed by atoms with Crippen molar-refractivity contribution >= 4 is 17.3 Å². The minimum Gasteiger partial charge on any atom is -0.382 e. The first-order chi connectivity index (χ1) is 8.83. The Balaban J connectivity index is 1.60. The number of hydrogen-bond acceptors (Lipinski definition) is 3. The van der Waals surface area contributed by atoms with Crippen LogP contribution < -0.4 is 15.5 Å². The van der Waals surface area contributed by atoms with Gasteiger partial charge in [-0.3, -0.25) is 4.79 Å². The molecule has 1 saturated carbocycles. The van der Waals surface area contributed by atoms with Gasteiger partial charge < -0.3 is 15.5 Å². The number of anilines is 2. The Morgan fingerprint density at radius 1 is 1.39 bits per heavy atom. The van der Waals surface area contributed by atoms with Crippen LogP contribution in [0.25, 0.3) is 0 Å². The van der Waals surface area contributed by atoms with Gasteiger partial charge in [-0.2, -0.15) is 0 Å². The smallest absolute Gasteiger partial charge is 0.239 e. The van der Waals surface area contributed by atoms with E-state index in [2.05, 4.69) is 27.7 Å². The standard InChI is InChI=1S/C14H19N3O/c18-14(16-9-11-5-6-11)10-17-8-7-15-12-3-1-2-4-13(12)17/h1-4,11,15H,5-10H2,(H,16,18). The average Bonchev–Trinajstić information content (AvgIpc) is 3.21. The second-order valence-electron chi connectivity index (χ2n) is 5.11. The molecule has 4 nitrogen and oxygen atoms in total. The summed E-state index contributed by atoms with van der Waals surface area (Å²) in [5.41, 5.74) is 2.25. The van der Waals surface area contributed by atoms with E-state index in [9.17, 15) is 4.79 Å². The minimum atomic E-state index is 0.138. The molecule has 0 bridgehead atoms. The van der Waals surface area contributed by atoms with Gasteiger partial charge in [0.15, 0.2) is 0 Å². The topological polar surface area (TPSA) is 44.4 Å². The lowest BCUT2D eigenvalue weighted by atomic mass is 10.2. The van der Waals surface area contributed by atoms with Gasteiger partial charge in [0.2, 0.25) is 5.91 Å². The van der Waals surface area contributed by atoms with E-state index in [1.54, 1.807) is 0 Å². The second-order valence-corrected chi connectivity index (χ2v) is 5.11.